The summed E-state index contributed by atoms with van der Waals surface area (Å²) in [6.45, 7) is 0.609. The molecule has 90 valence electrons. The number of nitrogens with one attached hydrogen (secondary N) is 1. The Kier molecular flexibility index (Phi) is 2.41. The number of rotatable bonds is 2. The first-order chi connectivity index (χ1) is 8.74. The molecule has 0 atom stereocenters. The van der Waals surface area contributed by atoms with Crippen LogP contribution >= 0.6 is 0 Å². The molecule has 0 bridgehead atoms. The normalized spacial score (nSPS) is 10.9. The van der Waals surface area contributed by atoms with Crippen molar-refractivity contribution in [1.29, 1.82) is 0 Å². The van der Waals surface area contributed by atoms with Gasteiger partial charge >= 0.3 is 0 Å². The summed E-state index contributed by atoms with van der Waals surface area (Å²) in [6, 6.07) is 9.39. The number of aromatic amines is 1. The van der Waals surface area contributed by atoms with E-state index >= 15 is 0 Å². The van der Waals surface area contributed by atoms with Crippen molar-refractivity contribution in [3.8, 4) is 5.75 Å². The summed E-state index contributed by atoms with van der Waals surface area (Å²) >= 11 is 0. The lowest BCUT2D eigenvalue weighted by Crippen LogP contribution is -2.05. The summed E-state index contributed by atoms with van der Waals surface area (Å²) in [5, 5.41) is 10.5. The zero-order valence-electron chi connectivity index (χ0n) is 9.63. The van der Waals surface area contributed by atoms with Gasteiger partial charge in [-0.15, -0.1) is 0 Å². The van der Waals surface area contributed by atoms with Crippen molar-refractivity contribution < 1.29 is 5.11 Å². The topological polar surface area (TPSA) is 58.0 Å². The van der Waals surface area contributed by atoms with E-state index in [2.05, 4.69) is 4.98 Å². The molecule has 0 radical (unpaired) electrons. The zero-order chi connectivity index (χ0) is 12.5. The molecule has 2 aromatic heterocycles. The quantitative estimate of drug-likeness (QED) is 0.720. The third-order valence-electron chi connectivity index (χ3n) is 2.99. The first-order valence-corrected chi connectivity index (χ1v) is 5.68. The SMILES string of the molecule is O=c1ccn(Cc2c[nH]c3ccccc23)cc1O. The molecular weight excluding hydrogens is 228 g/mol. The predicted octanol–water partition coefficient (Wildman–Crippen LogP) is 2.08. The van der Waals surface area contributed by atoms with E-state index in [-0.39, 0.29) is 11.2 Å². The first-order valence-electron chi connectivity index (χ1n) is 5.68. The molecule has 2 N–H and O–H groups in total. The molecule has 4 nitrogen and oxygen atoms in total. The van der Waals surface area contributed by atoms with Gasteiger partial charge in [-0.2, -0.15) is 0 Å². The largest absolute Gasteiger partial charge is 0.503 e. The summed E-state index contributed by atoms with van der Waals surface area (Å²) in [5.41, 5.74) is 1.84. The molecule has 0 aliphatic rings. The van der Waals surface area contributed by atoms with Crippen LogP contribution in [0.2, 0.25) is 0 Å². The Hall–Kier alpha value is -2.49. The minimum Gasteiger partial charge on any atom is -0.503 e. The number of nitrogens with zero attached hydrogens (tertiary/aromatic N) is 1. The number of aromatic nitrogens is 2. The van der Waals surface area contributed by atoms with Gasteiger partial charge in [0, 0.05) is 35.9 Å². The van der Waals surface area contributed by atoms with Gasteiger partial charge in [-0.1, -0.05) is 18.2 Å². The second-order valence-corrected chi connectivity index (χ2v) is 4.23. The minimum absolute atomic E-state index is 0.225. The second kappa shape index (κ2) is 4.07. The smallest absolute Gasteiger partial charge is 0.223 e. The van der Waals surface area contributed by atoms with Crippen LogP contribution in [0.1, 0.15) is 5.56 Å². The van der Waals surface area contributed by atoms with Crippen molar-refractivity contribution in [2.75, 3.05) is 0 Å². The average molecular weight is 240 g/mol. The highest BCUT2D eigenvalue weighted by Crippen LogP contribution is 2.18. The maximum atomic E-state index is 11.1. The van der Waals surface area contributed by atoms with Crippen LogP contribution in [-0.4, -0.2) is 14.7 Å². The van der Waals surface area contributed by atoms with Gasteiger partial charge in [0.15, 0.2) is 5.75 Å². The van der Waals surface area contributed by atoms with E-state index in [4.69, 9.17) is 0 Å². The highest BCUT2D eigenvalue weighted by Gasteiger charge is 2.04. The van der Waals surface area contributed by atoms with Crippen molar-refractivity contribution >= 4 is 10.9 Å². The van der Waals surface area contributed by atoms with Crippen molar-refractivity contribution in [2.24, 2.45) is 0 Å². The third kappa shape index (κ3) is 1.78. The highest BCUT2D eigenvalue weighted by molar-refractivity contribution is 5.82. The number of para-hydroxylation sites is 1. The molecule has 4 heteroatoms. The van der Waals surface area contributed by atoms with Gasteiger partial charge < -0.3 is 14.7 Å². The molecule has 0 spiro atoms. The van der Waals surface area contributed by atoms with E-state index in [1.165, 1.54) is 12.3 Å². The molecule has 3 aromatic rings. The maximum Gasteiger partial charge on any atom is 0.223 e. The van der Waals surface area contributed by atoms with Crippen molar-refractivity contribution in [1.82, 2.24) is 9.55 Å². The Balaban J connectivity index is 2.01. The predicted molar refractivity (Wildman–Crippen MR) is 69.8 cm³/mol. The fourth-order valence-corrected chi connectivity index (χ4v) is 2.07. The molecule has 3 rings (SSSR count). The molecule has 0 unspecified atom stereocenters. The summed E-state index contributed by atoms with van der Waals surface area (Å²) < 4.78 is 1.78. The van der Waals surface area contributed by atoms with Gasteiger partial charge in [0.05, 0.1) is 6.20 Å². The molecule has 0 aliphatic heterocycles. The standard InChI is InChI=1S/C14H12N2O2/c17-13-5-6-16(9-14(13)18)8-10-7-15-12-4-2-1-3-11(10)12/h1-7,9,15,18H,8H2. The lowest BCUT2D eigenvalue weighted by molar-refractivity contribution is 0.462. The Morgan fingerprint density at radius 3 is 2.89 bits per heavy atom. The Morgan fingerprint density at radius 1 is 1.22 bits per heavy atom. The van der Waals surface area contributed by atoms with E-state index in [0.29, 0.717) is 6.54 Å². The van der Waals surface area contributed by atoms with E-state index < -0.39 is 0 Å². The maximum absolute atomic E-state index is 11.1. The molecule has 0 saturated carbocycles. The molecule has 0 aliphatic carbocycles. The third-order valence-corrected chi connectivity index (χ3v) is 2.99. The summed E-state index contributed by atoms with van der Waals surface area (Å²) in [6.07, 6.45) is 5.06. The fraction of sp³-hybridized carbons (Fsp3) is 0.0714. The van der Waals surface area contributed by atoms with Crippen molar-refractivity contribution in [2.45, 2.75) is 6.54 Å². The van der Waals surface area contributed by atoms with Crippen LogP contribution in [0.3, 0.4) is 0 Å². The van der Waals surface area contributed by atoms with E-state index in [0.717, 1.165) is 16.5 Å². The molecule has 2 heterocycles. The van der Waals surface area contributed by atoms with Gasteiger partial charge in [0.25, 0.3) is 0 Å². The molecular formula is C14H12N2O2. The number of aromatic hydroxyl groups is 1. The van der Waals surface area contributed by atoms with Crippen LogP contribution in [0.15, 0.2) is 53.7 Å². The Bertz CT molecular complexity index is 756. The van der Waals surface area contributed by atoms with E-state index in [1.54, 1.807) is 10.8 Å². The fourth-order valence-electron chi connectivity index (χ4n) is 2.07. The van der Waals surface area contributed by atoms with Crippen molar-refractivity contribution in [3.05, 3.63) is 64.7 Å². The Morgan fingerprint density at radius 2 is 2.06 bits per heavy atom. The monoisotopic (exact) mass is 240 g/mol. The van der Waals surface area contributed by atoms with E-state index in [1.807, 2.05) is 30.5 Å². The molecule has 0 amide bonds. The summed E-state index contributed by atoms with van der Waals surface area (Å²) in [4.78, 5) is 14.3. The first kappa shape index (κ1) is 10.7. The summed E-state index contributed by atoms with van der Waals surface area (Å²) in [7, 11) is 0. The molecule has 0 fully saturated rings. The van der Waals surface area contributed by atoms with Crippen molar-refractivity contribution in [3.63, 3.8) is 0 Å². The van der Waals surface area contributed by atoms with E-state index in [9.17, 15) is 9.90 Å². The lowest BCUT2D eigenvalue weighted by Gasteiger charge is -2.05. The Labute approximate surface area is 103 Å². The van der Waals surface area contributed by atoms with Crippen LogP contribution in [0.4, 0.5) is 0 Å². The lowest BCUT2D eigenvalue weighted by atomic mass is 10.2. The molecule has 0 saturated heterocycles. The highest BCUT2D eigenvalue weighted by atomic mass is 16.3. The number of H-pyrrole nitrogens is 1. The number of pyridine rings is 1. The van der Waals surface area contributed by atoms with Gasteiger partial charge in [-0.3, -0.25) is 4.79 Å². The minimum atomic E-state index is -0.356. The molecule has 1 aromatic carbocycles. The average Bonchev–Trinajstić information content (AvgIpc) is 2.78. The molecule has 18 heavy (non-hydrogen) atoms. The summed E-state index contributed by atoms with van der Waals surface area (Å²) in [5.74, 6) is -0.225. The van der Waals surface area contributed by atoms with Gasteiger partial charge in [0.1, 0.15) is 0 Å². The van der Waals surface area contributed by atoms with Crippen LogP contribution < -0.4 is 5.43 Å². The van der Waals surface area contributed by atoms with Crippen LogP contribution in [0.25, 0.3) is 10.9 Å². The van der Waals surface area contributed by atoms with Gasteiger partial charge in [0.2, 0.25) is 5.43 Å². The second-order valence-electron chi connectivity index (χ2n) is 4.23. The number of hydrogen-bond acceptors (Lipinski definition) is 2. The number of hydrogen-bond donors (Lipinski definition) is 2. The number of fused-ring (bicyclic) bond motifs is 1. The van der Waals surface area contributed by atoms with Gasteiger partial charge in [-0.05, 0) is 11.6 Å². The van der Waals surface area contributed by atoms with Crippen LogP contribution in [0, 0.1) is 0 Å². The van der Waals surface area contributed by atoms with Gasteiger partial charge in [-0.25, -0.2) is 0 Å². The zero-order valence-corrected chi connectivity index (χ0v) is 9.63. The van der Waals surface area contributed by atoms with Crippen LogP contribution in [-0.2, 0) is 6.54 Å². The van der Waals surface area contributed by atoms with Crippen LogP contribution in [0.5, 0.6) is 5.75 Å². The number of benzene rings is 1.